The van der Waals surface area contributed by atoms with Gasteiger partial charge in [0.15, 0.2) is 9.84 Å². The summed E-state index contributed by atoms with van der Waals surface area (Å²) in [5.74, 6) is 0.822. The topological polar surface area (TPSA) is 86.1 Å². The van der Waals surface area contributed by atoms with Crippen molar-refractivity contribution in [3.63, 3.8) is 0 Å². The zero-order valence-electron chi connectivity index (χ0n) is 15.3. The van der Waals surface area contributed by atoms with Crippen LogP contribution in [0.3, 0.4) is 0 Å². The second-order valence-electron chi connectivity index (χ2n) is 6.89. The second-order valence-corrected chi connectivity index (χ2v) is 8.91. The highest BCUT2D eigenvalue weighted by atomic mass is 32.2. The number of nitrogens with one attached hydrogen (secondary N) is 1. The van der Waals surface area contributed by atoms with Crippen LogP contribution in [0.4, 0.5) is 0 Å². The molecule has 4 rings (SSSR count). The number of hydrogen-bond donors (Lipinski definition) is 1. The summed E-state index contributed by atoms with van der Waals surface area (Å²) in [6.07, 6.45) is 1.21. The molecule has 3 heterocycles. The Morgan fingerprint density at radius 1 is 1.26 bits per heavy atom. The number of ether oxygens (including phenoxy) is 1. The van der Waals surface area contributed by atoms with Crippen LogP contribution >= 0.6 is 0 Å². The van der Waals surface area contributed by atoms with E-state index in [0.717, 1.165) is 22.7 Å². The molecule has 8 heteroatoms. The molecule has 1 aliphatic rings. The first-order valence-corrected chi connectivity index (χ1v) is 10.7. The Morgan fingerprint density at radius 2 is 2.11 bits per heavy atom. The van der Waals surface area contributed by atoms with Gasteiger partial charge in [0.05, 0.1) is 34.3 Å². The largest absolute Gasteiger partial charge is 0.371 e. The summed E-state index contributed by atoms with van der Waals surface area (Å²) in [6.45, 7) is 4.38. The van der Waals surface area contributed by atoms with Crippen molar-refractivity contribution in [1.82, 2.24) is 19.9 Å². The van der Waals surface area contributed by atoms with Gasteiger partial charge in [-0.15, -0.1) is 0 Å². The molecular weight excluding hydrogens is 364 g/mol. The van der Waals surface area contributed by atoms with Gasteiger partial charge < -0.3 is 14.6 Å². The van der Waals surface area contributed by atoms with E-state index in [0.29, 0.717) is 31.8 Å². The Hall–Kier alpha value is -2.29. The molecule has 0 fully saturated rings. The fourth-order valence-corrected chi connectivity index (χ4v) is 4.09. The van der Waals surface area contributed by atoms with Gasteiger partial charge >= 0.3 is 0 Å². The highest BCUT2D eigenvalue weighted by Gasteiger charge is 2.24. The van der Waals surface area contributed by atoms with Gasteiger partial charge in [-0.2, -0.15) is 0 Å². The van der Waals surface area contributed by atoms with Crippen LogP contribution in [-0.2, 0) is 27.7 Å². The molecule has 0 amide bonds. The average Bonchev–Trinajstić information content (AvgIpc) is 2.99. The van der Waals surface area contributed by atoms with Crippen molar-refractivity contribution in [3.8, 4) is 0 Å². The Labute approximate surface area is 158 Å². The minimum atomic E-state index is -3.26. The summed E-state index contributed by atoms with van der Waals surface area (Å²) in [4.78, 5) is 9.38. The average molecular weight is 386 g/mol. The van der Waals surface area contributed by atoms with Crippen molar-refractivity contribution in [2.45, 2.75) is 31.0 Å². The quantitative estimate of drug-likeness (QED) is 0.722. The highest BCUT2D eigenvalue weighted by molar-refractivity contribution is 7.90. The molecule has 1 N–H and O–H groups in total. The first-order valence-electron chi connectivity index (χ1n) is 8.84. The van der Waals surface area contributed by atoms with E-state index in [2.05, 4.69) is 19.9 Å². The van der Waals surface area contributed by atoms with Crippen LogP contribution in [0.25, 0.3) is 11.0 Å². The van der Waals surface area contributed by atoms with E-state index in [1.54, 1.807) is 12.1 Å². The van der Waals surface area contributed by atoms with Crippen molar-refractivity contribution in [3.05, 3.63) is 53.6 Å². The minimum Gasteiger partial charge on any atom is -0.371 e. The van der Waals surface area contributed by atoms with Crippen molar-refractivity contribution in [1.29, 1.82) is 0 Å². The summed E-state index contributed by atoms with van der Waals surface area (Å²) in [6, 6.07) is 11.2. The lowest BCUT2D eigenvalue weighted by Crippen LogP contribution is -2.32. The lowest BCUT2D eigenvalue weighted by atomic mass is 10.2. The summed E-state index contributed by atoms with van der Waals surface area (Å²) >= 11 is 0. The number of rotatable bonds is 5. The zero-order valence-corrected chi connectivity index (χ0v) is 16.2. The molecule has 1 aromatic carbocycles. The van der Waals surface area contributed by atoms with Crippen LogP contribution in [0.15, 0.2) is 41.3 Å². The van der Waals surface area contributed by atoms with Crippen LogP contribution in [0, 0.1) is 6.92 Å². The molecule has 0 radical (unpaired) electrons. The maximum Gasteiger partial charge on any atom is 0.175 e. The van der Waals surface area contributed by atoms with E-state index in [4.69, 9.17) is 4.74 Å². The van der Waals surface area contributed by atoms with Gasteiger partial charge in [0.2, 0.25) is 0 Å². The summed E-state index contributed by atoms with van der Waals surface area (Å²) in [5, 5.41) is 3.44. The Balaban J connectivity index is 1.57. The maximum absolute atomic E-state index is 11.8. The number of hydrogen-bond acceptors (Lipinski definition) is 6. The number of imidazole rings is 1. The third-order valence-corrected chi connectivity index (χ3v) is 5.81. The first-order chi connectivity index (χ1) is 12.9. The summed E-state index contributed by atoms with van der Waals surface area (Å²) < 4.78 is 31.5. The van der Waals surface area contributed by atoms with Crippen molar-refractivity contribution < 1.29 is 13.2 Å². The molecule has 1 atom stereocenters. The first kappa shape index (κ1) is 18.1. The predicted molar refractivity (Wildman–Crippen MR) is 102 cm³/mol. The fraction of sp³-hybridized carbons (Fsp3) is 0.368. The van der Waals surface area contributed by atoms with Crippen LogP contribution in [0.2, 0.25) is 0 Å². The minimum absolute atomic E-state index is 0.0904. The molecule has 0 saturated heterocycles. The lowest BCUT2D eigenvalue weighted by molar-refractivity contribution is 0.0564. The monoisotopic (exact) mass is 386 g/mol. The SMILES string of the molecule is Cc1cccc(CNCC2COCc3nc4cc(S(C)(=O)=O)ccc4n32)n1. The lowest BCUT2D eigenvalue weighted by Gasteiger charge is -2.26. The number of aromatic nitrogens is 3. The number of aryl methyl sites for hydroxylation is 1. The normalized spacial score (nSPS) is 17.2. The van der Waals surface area contributed by atoms with E-state index >= 15 is 0 Å². The predicted octanol–water partition coefficient (Wildman–Crippen LogP) is 2.00. The smallest absolute Gasteiger partial charge is 0.175 e. The van der Waals surface area contributed by atoms with Crippen molar-refractivity contribution in [2.75, 3.05) is 19.4 Å². The molecule has 27 heavy (non-hydrogen) atoms. The van der Waals surface area contributed by atoms with Gasteiger partial charge in [0.25, 0.3) is 0 Å². The van der Waals surface area contributed by atoms with Gasteiger partial charge in [0, 0.05) is 25.0 Å². The Kier molecular flexibility index (Phi) is 4.71. The highest BCUT2D eigenvalue weighted by Crippen LogP contribution is 2.27. The molecular formula is C19H22N4O3S. The molecule has 3 aromatic rings. The third-order valence-electron chi connectivity index (χ3n) is 4.70. The number of fused-ring (bicyclic) bond motifs is 3. The molecule has 0 aliphatic carbocycles. The van der Waals surface area contributed by atoms with Crippen molar-refractivity contribution in [2.24, 2.45) is 0 Å². The van der Waals surface area contributed by atoms with Crippen molar-refractivity contribution >= 4 is 20.9 Å². The van der Waals surface area contributed by atoms with Crippen LogP contribution < -0.4 is 5.32 Å². The number of sulfone groups is 1. The van der Waals surface area contributed by atoms with Gasteiger partial charge in [-0.1, -0.05) is 6.07 Å². The summed E-state index contributed by atoms with van der Waals surface area (Å²) in [7, 11) is -3.26. The molecule has 2 aromatic heterocycles. The molecule has 0 spiro atoms. The standard InChI is InChI=1S/C19H22N4O3S/c1-13-4-3-5-14(21-13)9-20-10-15-11-26-12-19-22-17-8-16(27(2,24)25)6-7-18(17)23(15)19/h3-8,15,20H,9-12H2,1-2H3. The van der Waals surface area contributed by atoms with Gasteiger partial charge in [-0.3, -0.25) is 4.98 Å². The fourth-order valence-electron chi connectivity index (χ4n) is 3.44. The number of nitrogens with zero attached hydrogens (tertiary/aromatic N) is 3. The Bertz CT molecular complexity index is 1090. The van der Waals surface area contributed by atoms with E-state index in [9.17, 15) is 8.42 Å². The van der Waals surface area contributed by atoms with Crippen LogP contribution in [-0.4, -0.2) is 42.4 Å². The molecule has 0 bridgehead atoms. The number of pyridine rings is 1. The van der Waals surface area contributed by atoms with Crippen LogP contribution in [0.1, 0.15) is 23.3 Å². The molecule has 0 saturated carbocycles. The van der Waals surface area contributed by atoms with E-state index in [1.807, 2.05) is 31.2 Å². The van der Waals surface area contributed by atoms with Gasteiger partial charge in [-0.05, 0) is 37.3 Å². The third kappa shape index (κ3) is 3.73. The summed E-state index contributed by atoms with van der Waals surface area (Å²) in [5.41, 5.74) is 3.62. The van der Waals surface area contributed by atoms with E-state index < -0.39 is 9.84 Å². The molecule has 7 nitrogen and oxygen atoms in total. The van der Waals surface area contributed by atoms with Gasteiger partial charge in [-0.25, -0.2) is 13.4 Å². The molecule has 142 valence electrons. The van der Waals surface area contributed by atoms with E-state index in [-0.39, 0.29) is 10.9 Å². The van der Waals surface area contributed by atoms with Crippen LogP contribution in [0.5, 0.6) is 0 Å². The van der Waals surface area contributed by atoms with E-state index in [1.165, 1.54) is 6.26 Å². The van der Waals surface area contributed by atoms with Gasteiger partial charge in [0.1, 0.15) is 12.4 Å². The number of benzene rings is 1. The maximum atomic E-state index is 11.8. The second kappa shape index (κ2) is 7.03. The molecule has 1 unspecified atom stereocenters. The molecule has 1 aliphatic heterocycles. The Morgan fingerprint density at radius 3 is 2.89 bits per heavy atom. The zero-order chi connectivity index (χ0) is 19.0.